The molecule has 4 nitrogen and oxygen atoms in total. The first kappa shape index (κ1) is 16.6. The monoisotopic (exact) mass is 300 g/mol. The Kier molecular flexibility index (Phi) is 6.46. The number of rotatable bonds is 6. The predicted molar refractivity (Wildman–Crippen MR) is 93.9 cm³/mol. The zero-order valence-electron chi connectivity index (χ0n) is 14.0. The van der Waals surface area contributed by atoms with Gasteiger partial charge >= 0.3 is 0 Å². The van der Waals surface area contributed by atoms with Crippen LogP contribution in [-0.4, -0.2) is 37.5 Å². The topological polar surface area (TPSA) is 39.7 Å². The highest BCUT2D eigenvalue weighted by molar-refractivity contribution is 5.80. The van der Waals surface area contributed by atoms with E-state index in [4.69, 9.17) is 0 Å². The summed E-state index contributed by atoms with van der Waals surface area (Å²) < 4.78 is 0. The number of hydrogen-bond donors (Lipinski definition) is 2. The second-order valence-corrected chi connectivity index (χ2v) is 5.86. The fourth-order valence-electron chi connectivity index (χ4n) is 2.57. The van der Waals surface area contributed by atoms with Gasteiger partial charge in [0.1, 0.15) is 0 Å². The molecule has 4 heteroatoms. The van der Waals surface area contributed by atoms with E-state index in [1.807, 2.05) is 7.05 Å². The quantitative estimate of drug-likeness (QED) is 0.482. The first-order chi connectivity index (χ1) is 10.7. The molecule has 0 amide bonds. The molecule has 0 aromatic heterocycles. The summed E-state index contributed by atoms with van der Waals surface area (Å²) in [4.78, 5) is 6.61. The number of hydrogen-bond acceptors (Lipinski definition) is 2. The molecule has 0 aliphatic heterocycles. The maximum atomic E-state index is 4.31. The van der Waals surface area contributed by atoms with Crippen LogP contribution in [0.5, 0.6) is 0 Å². The molecule has 0 fully saturated rings. The van der Waals surface area contributed by atoms with Crippen molar-refractivity contribution in [2.45, 2.75) is 38.9 Å². The molecule has 2 N–H and O–H groups in total. The minimum absolute atomic E-state index is 0.482. The molecule has 0 bridgehead atoms. The van der Waals surface area contributed by atoms with Gasteiger partial charge in [-0.15, -0.1) is 0 Å². The van der Waals surface area contributed by atoms with Crippen molar-refractivity contribution < 1.29 is 0 Å². The summed E-state index contributed by atoms with van der Waals surface area (Å²) in [5.74, 6) is 0.879. The molecule has 1 aliphatic carbocycles. The fraction of sp³-hybridized carbons (Fsp3) is 0.500. The van der Waals surface area contributed by atoms with Gasteiger partial charge in [0.25, 0.3) is 0 Å². The van der Waals surface area contributed by atoms with Gasteiger partial charge in [0.15, 0.2) is 5.96 Å². The number of nitrogens with one attached hydrogen (secondary N) is 2. The van der Waals surface area contributed by atoms with E-state index in [1.165, 1.54) is 11.1 Å². The SMILES string of the molecule is CCN(C)Cc1cccc(CNC(=NC)NC2CC=CC2)c1. The van der Waals surface area contributed by atoms with Crippen LogP contribution in [0.15, 0.2) is 41.4 Å². The third-order valence-corrected chi connectivity index (χ3v) is 4.02. The molecular formula is C18H28N4. The molecule has 1 aromatic carbocycles. The van der Waals surface area contributed by atoms with Crippen LogP contribution in [0.1, 0.15) is 30.9 Å². The minimum atomic E-state index is 0.482. The van der Waals surface area contributed by atoms with E-state index in [1.54, 1.807) is 0 Å². The first-order valence-corrected chi connectivity index (χ1v) is 8.09. The zero-order chi connectivity index (χ0) is 15.8. The van der Waals surface area contributed by atoms with E-state index in [0.29, 0.717) is 6.04 Å². The van der Waals surface area contributed by atoms with Crippen molar-refractivity contribution in [3.8, 4) is 0 Å². The molecule has 2 rings (SSSR count). The Morgan fingerprint density at radius 3 is 2.68 bits per heavy atom. The van der Waals surface area contributed by atoms with E-state index in [-0.39, 0.29) is 0 Å². The van der Waals surface area contributed by atoms with Gasteiger partial charge in [0.05, 0.1) is 0 Å². The van der Waals surface area contributed by atoms with Crippen LogP contribution in [0.4, 0.5) is 0 Å². The molecule has 0 saturated heterocycles. The van der Waals surface area contributed by atoms with Crippen LogP contribution < -0.4 is 10.6 Å². The summed E-state index contributed by atoms with van der Waals surface area (Å²) >= 11 is 0. The van der Waals surface area contributed by atoms with Gasteiger partial charge in [-0.1, -0.05) is 43.3 Å². The van der Waals surface area contributed by atoms with Gasteiger partial charge in [-0.3, -0.25) is 4.99 Å². The maximum absolute atomic E-state index is 4.31. The van der Waals surface area contributed by atoms with Crippen molar-refractivity contribution in [1.82, 2.24) is 15.5 Å². The fourth-order valence-corrected chi connectivity index (χ4v) is 2.57. The van der Waals surface area contributed by atoms with Gasteiger partial charge in [-0.25, -0.2) is 0 Å². The number of benzene rings is 1. The minimum Gasteiger partial charge on any atom is -0.353 e. The Morgan fingerprint density at radius 2 is 2.00 bits per heavy atom. The molecule has 0 heterocycles. The zero-order valence-corrected chi connectivity index (χ0v) is 14.0. The van der Waals surface area contributed by atoms with Crippen LogP contribution in [0.25, 0.3) is 0 Å². The summed E-state index contributed by atoms with van der Waals surface area (Å²) in [5.41, 5.74) is 2.64. The summed E-state index contributed by atoms with van der Waals surface area (Å²) in [6.07, 6.45) is 6.61. The lowest BCUT2D eigenvalue weighted by molar-refractivity contribution is 0.345. The maximum Gasteiger partial charge on any atom is 0.191 e. The average molecular weight is 300 g/mol. The van der Waals surface area contributed by atoms with Crippen molar-refractivity contribution >= 4 is 5.96 Å². The normalized spacial score (nSPS) is 15.5. The van der Waals surface area contributed by atoms with E-state index in [2.05, 4.69) is 70.9 Å². The van der Waals surface area contributed by atoms with Crippen molar-refractivity contribution in [2.75, 3.05) is 20.6 Å². The Bertz CT molecular complexity index is 514. The van der Waals surface area contributed by atoms with Crippen molar-refractivity contribution in [3.63, 3.8) is 0 Å². The van der Waals surface area contributed by atoms with E-state index in [0.717, 1.165) is 38.4 Å². The van der Waals surface area contributed by atoms with Gasteiger partial charge in [-0.2, -0.15) is 0 Å². The molecule has 22 heavy (non-hydrogen) atoms. The van der Waals surface area contributed by atoms with Crippen LogP contribution >= 0.6 is 0 Å². The van der Waals surface area contributed by atoms with Crippen LogP contribution in [0, 0.1) is 0 Å². The third kappa shape index (κ3) is 5.19. The highest BCUT2D eigenvalue weighted by Gasteiger charge is 2.11. The smallest absolute Gasteiger partial charge is 0.191 e. The second kappa shape index (κ2) is 8.59. The lowest BCUT2D eigenvalue weighted by atomic mass is 10.1. The number of guanidine groups is 1. The number of nitrogens with zero attached hydrogens (tertiary/aromatic N) is 2. The van der Waals surface area contributed by atoms with Crippen LogP contribution in [-0.2, 0) is 13.1 Å². The lowest BCUT2D eigenvalue weighted by Gasteiger charge is -2.18. The summed E-state index contributed by atoms with van der Waals surface area (Å²) in [6.45, 7) is 5.03. The lowest BCUT2D eigenvalue weighted by Crippen LogP contribution is -2.42. The van der Waals surface area contributed by atoms with E-state index in [9.17, 15) is 0 Å². The molecule has 0 unspecified atom stereocenters. The standard InChI is InChI=1S/C18H28N4/c1-4-22(3)14-16-9-7-8-15(12-16)13-20-18(19-2)21-17-10-5-6-11-17/h5-9,12,17H,4,10-11,13-14H2,1-3H3,(H2,19,20,21). The molecule has 0 radical (unpaired) electrons. The summed E-state index contributed by atoms with van der Waals surface area (Å²) in [7, 11) is 3.97. The van der Waals surface area contributed by atoms with Crippen molar-refractivity contribution in [3.05, 3.63) is 47.5 Å². The third-order valence-electron chi connectivity index (χ3n) is 4.02. The van der Waals surface area contributed by atoms with E-state index < -0.39 is 0 Å². The predicted octanol–water partition coefficient (Wildman–Crippen LogP) is 2.52. The molecular weight excluding hydrogens is 272 g/mol. The highest BCUT2D eigenvalue weighted by atomic mass is 15.2. The summed E-state index contributed by atoms with van der Waals surface area (Å²) in [6, 6.07) is 9.23. The Hall–Kier alpha value is -1.81. The largest absolute Gasteiger partial charge is 0.353 e. The molecule has 120 valence electrons. The van der Waals surface area contributed by atoms with Gasteiger partial charge in [0.2, 0.25) is 0 Å². The summed E-state index contributed by atoms with van der Waals surface area (Å²) in [5, 5.41) is 6.86. The van der Waals surface area contributed by atoms with Crippen LogP contribution in [0.2, 0.25) is 0 Å². The molecule has 0 spiro atoms. The Balaban J connectivity index is 1.85. The van der Waals surface area contributed by atoms with Crippen molar-refractivity contribution in [1.29, 1.82) is 0 Å². The second-order valence-electron chi connectivity index (χ2n) is 5.86. The first-order valence-electron chi connectivity index (χ1n) is 8.09. The van der Waals surface area contributed by atoms with Gasteiger partial charge in [0, 0.05) is 26.2 Å². The molecule has 1 aromatic rings. The highest BCUT2D eigenvalue weighted by Crippen LogP contribution is 2.09. The molecule has 0 atom stereocenters. The average Bonchev–Trinajstić information content (AvgIpc) is 3.04. The van der Waals surface area contributed by atoms with Gasteiger partial charge < -0.3 is 15.5 Å². The van der Waals surface area contributed by atoms with Crippen molar-refractivity contribution in [2.24, 2.45) is 4.99 Å². The Labute approximate surface area is 134 Å². The number of aliphatic imine (C=N–C) groups is 1. The molecule has 0 saturated carbocycles. The Morgan fingerprint density at radius 1 is 1.27 bits per heavy atom. The van der Waals surface area contributed by atoms with E-state index >= 15 is 0 Å². The van der Waals surface area contributed by atoms with Gasteiger partial charge in [-0.05, 0) is 37.6 Å². The van der Waals surface area contributed by atoms with Crippen LogP contribution in [0.3, 0.4) is 0 Å². The molecule has 1 aliphatic rings.